The largest absolute Gasteiger partial charge is 0.349 e. The van der Waals surface area contributed by atoms with Crippen molar-refractivity contribution in [1.82, 2.24) is 4.90 Å². The molecule has 0 N–H and O–H groups in total. The van der Waals surface area contributed by atoms with Crippen LogP contribution in [-0.4, -0.2) is 55.5 Å². The summed E-state index contributed by atoms with van der Waals surface area (Å²) >= 11 is 1.91. The van der Waals surface area contributed by atoms with Crippen LogP contribution in [-0.2, 0) is 9.47 Å². The summed E-state index contributed by atoms with van der Waals surface area (Å²) in [6.07, 6.45) is -0.0327. The molecule has 0 aromatic carbocycles. The smallest absolute Gasteiger partial charge is 0.171 e. The van der Waals surface area contributed by atoms with Gasteiger partial charge in [-0.05, 0) is 27.9 Å². The van der Waals surface area contributed by atoms with Crippen molar-refractivity contribution in [3.05, 3.63) is 0 Å². The predicted octanol–water partition coefficient (Wildman–Crippen LogP) is 1.43. The molecule has 4 heteroatoms. The van der Waals surface area contributed by atoms with Gasteiger partial charge in [0.25, 0.3) is 0 Å². The number of hydrogen-bond acceptors (Lipinski definition) is 4. The molecule has 1 saturated heterocycles. The van der Waals surface area contributed by atoms with Gasteiger partial charge in [-0.1, -0.05) is 0 Å². The van der Waals surface area contributed by atoms with Crippen LogP contribution in [0.3, 0.4) is 0 Å². The lowest BCUT2D eigenvalue weighted by atomic mass is 10.2. The van der Waals surface area contributed by atoms with E-state index < -0.39 is 0 Å². The number of hydrogen-bond donors (Lipinski definition) is 0. The molecule has 0 spiro atoms. The minimum Gasteiger partial charge on any atom is -0.349 e. The molecular formula is C10H21NO2S. The highest BCUT2D eigenvalue weighted by Crippen LogP contribution is 2.32. The third-order valence-corrected chi connectivity index (χ3v) is 3.53. The first-order chi connectivity index (χ1) is 6.52. The van der Waals surface area contributed by atoms with Gasteiger partial charge in [-0.2, -0.15) is 0 Å². The summed E-state index contributed by atoms with van der Waals surface area (Å²) in [6.45, 7) is 6.94. The summed E-state index contributed by atoms with van der Waals surface area (Å²) in [5.41, 5.74) is 0. The molecule has 0 bridgehead atoms. The normalized spacial score (nSPS) is 19.5. The fraction of sp³-hybridized carbons (Fsp3) is 1.00. The molecule has 84 valence electrons. The van der Waals surface area contributed by atoms with E-state index in [0.29, 0.717) is 0 Å². The molecule has 1 fully saturated rings. The lowest BCUT2D eigenvalue weighted by Crippen LogP contribution is -2.35. The van der Waals surface area contributed by atoms with Crippen LogP contribution in [0.25, 0.3) is 0 Å². The van der Waals surface area contributed by atoms with E-state index in [1.807, 2.05) is 11.8 Å². The van der Waals surface area contributed by atoms with Crippen LogP contribution >= 0.6 is 11.8 Å². The van der Waals surface area contributed by atoms with Crippen LogP contribution in [0.4, 0.5) is 0 Å². The number of nitrogens with zero attached hydrogens (tertiary/aromatic N) is 1. The maximum Gasteiger partial charge on any atom is 0.171 e. The molecule has 0 atom stereocenters. The molecule has 1 heterocycles. The van der Waals surface area contributed by atoms with Crippen molar-refractivity contribution in [1.29, 1.82) is 0 Å². The second kappa shape index (κ2) is 5.35. The molecule has 0 saturated carbocycles. The third kappa shape index (κ3) is 3.77. The molecule has 14 heavy (non-hydrogen) atoms. The first-order valence-electron chi connectivity index (χ1n) is 5.04. The van der Waals surface area contributed by atoms with Crippen LogP contribution in [0.15, 0.2) is 0 Å². The first kappa shape index (κ1) is 12.3. The van der Waals surface area contributed by atoms with E-state index in [-0.39, 0.29) is 11.0 Å². The highest BCUT2D eigenvalue weighted by atomic mass is 32.2. The van der Waals surface area contributed by atoms with Gasteiger partial charge in [0.1, 0.15) is 0 Å². The lowest BCUT2D eigenvalue weighted by Gasteiger charge is -2.29. The summed E-state index contributed by atoms with van der Waals surface area (Å²) in [5, 5.41) is 0. The quantitative estimate of drug-likeness (QED) is 0.697. The number of rotatable bonds is 5. The van der Waals surface area contributed by atoms with E-state index in [1.165, 1.54) is 0 Å². The number of thioether (sulfide) groups is 1. The Balaban J connectivity index is 2.25. The second-order valence-corrected chi connectivity index (χ2v) is 6.08. The summed E-state index contributed by atoms with van der Waals surface area (Å²) in [4.78, 5) is 2.19. The fourth-order valence-electron chi connectivity index (χ4n) is 1.32. The van der Waals surface area contributed by atoms with Gasteiger partial charge in [-0.3, -0.25) is 0 Å². The summed E-state index contributed by atoms with van der Waals surface area (Å²) < 4.78 is 11.1. The summed E-state index contributed by atoms with van der Waals surface area (Å²) in [7, 11) is 4.19. The predicted molar refractivity (Wildman–Crippen MR) is 60.8 cm³/mol. The molecule has 0 aromatic heterocycles. The van der Waals surface area contributed by atoms with Crippen LogP contribution in [0.1, 0.15) is 13.8 Å². The molecule has 0 amide bonds. The highest BCUT2D eigenvalue weighted by molar-refractivity contribution is 8.00. The Kier molecular flexibility index (Phi) is 4.70. The Morgan fingerprint density at radius 2 is 1.86 bits per heavy atom. The van der Waals surface area contributed by atoms with E-state index in [4.69, 9.17) is 9.47 Å². The minimum absolute atomic E-state index is 0.0327. The SMILES string of the molecule is CN(C)CCSC(C)(C)C1OCCO1. The van der Waals surface area contributed by atoms with Gasteiger partial charge in [-0.25, -0.2) is 0 Å². The molecule has 1 aliphatic heterocycles. The fourth-order valence-corrected chi connectivity index (χ4v) is 2.57. The zero-order valence-electron chi connectivity index (χ0n) is 9.58. The summed E-state index contributed by atoms with van der Waals surface area (Å²) in [5.74, 6) is 1.11. The molecule has 0 unspecified atom stereocenters. The van der Waals surface area contributed by atoms with E-state index in [2.05, 4.69) is 32.8 Å². The molecule has 0 radical (unpaired) electrons. The van der Waals surface area contributed by atoms with Crippen LogP contribution in [0, 0.1) is 0 Å². The van der Waals surface area contributed by atoms with Crippen molar-refractivity contribution in [3.63, 3.8) is 0 Å². The van der Waals surface area contributed by atoms with Gasteiger partial charge < -0.3 is 14.4 Å². The maximum absolute atomic E-state index is 5.52. The average molecular weight is 219 g/mol. The third-order valence-electron chi connectivity index (χ3n) is 2.20. The lowest BCUT2D eigenvalue weighted by molar-refractivity contribution is -0.0612. The van der Waals surface area contributed by atoms with Gasteiger partial charge in [-0.15, -0.1) is 11.8 Å². The Bertz CT molecular complexity index is 168. The monoisotopic (exact) mass is 219 g/mol. The van der Waals surface area contributed by atoms with E-state index in [0.717, 1.165) is 25.5 Å². The number of ether oxygens (including phenoxy) is 2. The molecule has 1 aliphatic rings. The van der Waals surface area contributed by atoms with Gasteiger partial charge in [0.2, 0.25) is 0 Å². The zero-order valence-corrected chi connectivity index (χ0v) is 10.4. The van der Waals surface area contributed by atoms with Gasteiger partial charge in [0.15, 0.2) is 6.29 Å². The minimum atomic E-state index is -0.0327. The van der Waals surface area contributed by atoms with E-state index in [9.17, 15) is 0 Å². The Morgan fingerprint density at radius 3 is 2.36 bits per heavy atom. The van der Waals surface area contributed by atoms with Gasteiger partial charge in [0.05, 0.1) is 18.0 Å². The molecule has 3 nitrogen and oxygen atoms in total. The van der Waals surface area contributed by atoms with Crippen molar-refractivity contribution in [3.8, 4) is 0 Å². The van der Waals surface area contributed by atoms with E-state index >= 15 is 0 Å². The van der Waals surface area contributed by atoms with Crippen molar-refractivity contribution in [2.75, 3.05) is 39.6 Å². The van der Waals surface area contributed by atoms with Crippen molar-refractivity contribution in [2.24, 2.45) is 0 Å². The molecule has 1 rings (SSSR count). The molecule has 0 aromatic rings. The Hall–Kier alpha value is 0.230. The molecule has 0 aliphatic carbocycles. The van der Waals surface area contributed by atoms with Crippen molar-refractivity contribution >= 4 is 11.8 Å². The Labute approximate surface area is 91.1 Å². The van der Waals surface area contributed by atoms with Crippen molar-refractivity contribution < 1.29 is 9.47 Å². The first-order valence-corrected chi connectivity index (χ1v) is 6.03. The average Bonchev–Trinajstić information content (AvgIpc) is 2.54. The topological polar surface area (TPSA) is 21.7 Å². The van der Waals surface area contributed by atoms with E-state index in [1.54, 1.807) is 0 Å². The van der Waals surface area contributed by atoms with Crippen LogP contribution in [0.2, 0.25) is 0 Å². The highest BCUT2D eigenvalue weighted by Gasteiger charge is 2.34. The van der Waals surface area contributed by atoms with Gasteiger partial charge in [0, 0.05) is 12.3 Å². The Morgan fingerprint density at radius 1 is 1.29 bits per heavy atom. The summed E-state index contributed by atoms with van der Waals surface area (Å²) in [6, 6.07) is 0. The molecular weight excluding hydrogens is 198 g/mol. The van der Waals surface area contributed by atoms with Crippen molar-refractivity contribution in [2.45, 2.75) is 24.9 Å². The maximum atomic E-state index is 5.52. The zero-order chi connectivity index (χ0) is 10.6. The standard InChI is InChI=1S/C10H21NO2S/c1-10(2,9-12-6-7-13-9)14-8-5-11(3)4/h9H,5-8H2,1-4H3. The van der Waals surface area contributed by atoms with Crippen LogP contribution < -0.4 is 0 Å². The van der Waals surface area contributed by atoms with Gasteiger partial charge >= 0.3 is 0 Å². The second-order valence-electron chi connectivity index (χ2n) is 4.33. The van der Waals surface area contributed by atoms with Crippen LogP contribution in [0.5, 0.6) is 0 Å².